The van der Waals surface area contributed by atoms with Gasteiger partial charge in [0.1, 0.15) is 30.5 Å². The number of nitrogens with zero attached hydrogens (tertiary/aromatic N) is 2. The molecule has 1 aromatic rings. The first-order chi connectivity index (χ1) is 21.3. The van der Waals surface area contributed by atoms with Gasteiger partial charge >= 0.3 is 0 Å². The first-order valence-corrected chi connectivity index (χ1v) is 17.4. The van der Waals surface area contributed by atoms with E-state index in [0.29, 0.717) is 42.3 Å². The first-order valence-electron chi connectivity index (χ1n) is 17.1. The molecule has 0 saturated carbocycles. The molecule has 2 saturated heterocycles. The van der Waals surface area contributed by atoms with Crippen LogP contribution in [0.5, 0.6) is 0 Å². The van der Waals surface area contributed by atoms with Crippen molar-refractivity contribution in [3.8, 4) is 0 Å². The molecule has 1 aromatic carbocycles. The van der Waals surface area contributed by atoms with Crippen LogP contribution in [0.25, 0.3) is 0 Å². The van der Waals surface area contributed by atoms with E-state index in [4.69, 9.17) is 21.1 Å². The van der Waals surface area contributed by atoms with Gasteiger partial charge in [-0.1, -0.05) is 102 Å². The van der Waals surface area contributed by atoms with Crippen molar-refractivity contribution in [2.45, 2.75) is 146 Å². The van der Waals surface area contributed by atoms with Crippen molar-refractivity contribution in [3.63, 3.8) is 0 Å². The molecule has 3 aliphatic heterocycles. The summed E-state index contributed by atoms with van der Waals surface area (Å²) in [6.07, 6.45) is 12.3. The third-order valence-electron chi connectivity index (χ3n) is 9.38. The third-order valence-corrected chi connectivity index (χ3v) is 9.61. The third kappa shape index (κ3) is 9.17. The van der Waals surface area contributed by atoms with Crippen LogP contribution < -0.4 is 4.90 Å². The van der Waals surface area contributed by atoms with E-state index in [9.17, 15) is 24.9 Å². The van der Waals surface area contributed by atoms with Crippen LogP contribution >= 0.6 is 11.6 Å². The summed E-state index contributed by atoms with van der Waals surface area (Å²) >= 11 is 6.21. The molecule has 9 nitrogen and oxygen atoms in total. The molecule has 44 heavy (non-hydrogen) atoms. The van der Waals surface area contributed by atoms with Crippen molar-refractivity contribution >= 4 is 29.1 Å². The summed E-state index contributed by atoms with van der Waals surface area (Å²) in [5.74, 6) is -0.524. The standard InChI is InChI=1S/C34H53ClN2O7/c1-2-3-4-5-6-7-8-9-10-11-12-13-14-15-21-43-31-29(38)28(44-34(42)30(31)39)23-37-26-19-18-24(35)22-25(26)32(40)36-20-16-17-27(36)33(37)41/h18-19,22,27-31,34,38-39,42H,2-17,20-21,23H2,1H3/t27?,28-,29-,30-,31+,34?/m1/s1. The van der Waals surface area contributed by atoms with E-state index in [0.717, 1.165) is 19.3 Å². The Hall–Kier alpha value is -1.75. The summed E-state index contributed by atoms with van der Waals surface area (Å²) in [6.45, 7) is 2.96. The fourth-order valence-corrected chi connectivity index (χ4v) is 6.96. The molecular formula is C34H53ClN2O7. The summed E-state index contributed by atoms with van der Waals surface area (Å²) < 4.78 is 11.5. The molecule has 2 fully saturated rings. The number of aliphatic hydroxyl groups excluding tert-OH is 3. The topological polar surface area (TPSA) is 120 Å². The van der Waals surface area contributed by atoms with E-state index in [-0.39, 0.29) is 18.4 Å². The second-order valence-corrected chi connectivity index (χ2v) is 13.2. The van der Waals surface area contributed by atoms with Crippen LogP contribution in [-0.2, 0) is 14.3 Å². The largest absolute Gasteiger partial charge is 0.388 e. The Morgan fingerprint density at radius 1 is 0.886 bits per heavy atom. The summed E-state index contributed by atoms with van der Waals surface area (Å²) in [7, 11) is 0. The number of rotatable bonds is 18. The Kier molecular flexibility index (Phi) is 14.2. The van der Waals surface area contributed by atoms with Crippen molar-refractivity contribution < 1.29 is 34.4 Å². The van der Waals surface area contributed by atoms with Crippen molar-refractivity contribution in [1.29, 1.82) is 0 Å². The molecule has 0 aromatic heterocycles. The van der Waals surface area contributed by atoms with Crippen LogP contribution in [0.15, 0.2) is 18.2 Å². The van der Waals surface area contributed by atoms with Gasteiger partial charge in [0.25, 0.3) is 5.91 Å². The molecule has 3 aliphatic rings. The van der Waals surface area contributed by atoms with Gasteiger partial charge in [-0.2, -0.15) is 0 Å². The van der Waals surface area contributed by atoms with Gasteiger partial charge in [-0.3, -0.25) is 9.59 Å². The monoisotopic (exact) mass is 636 g/mol. The van der Waals surface area contributed by atoms with Crippen LogP contribution in [0.1, 0.15) is 120 Å². The Labute approximate surface area is 267 Å². The number of unbranched alkanes of at least 4 members (excludes halogenated alkanes) is 13. The predicted molar refractivity (Wildman–Crippen MR) is 171 cm³/mol. The average molecular weight is 637 g/mol. The number of ether oxygens (including phenoxy) is 2. The van der Waals surface area contributed by atoms with Crippen molar-refractivity contribution in [2.24, 2.45) is 0 Å². The summed E-state index contributed by atoms with van der Waals surface area (Å²) in [5, 5.41) is 32.6. The number of hydrogen-bond donors (Lipinski definition) is 3. The fraction of sp³-hybridized carbons (Fsp3) is 0.765. The summed E-state index contributed by atoms with van der Waals surface area (Å²) in [6, 6.07) is 4.18. The SMILES string of the molecule is CCCCCCCCCCCCCCCCO[C@H]1[C@H](O)[C@@H](CN2C(=O)C3CCCN3C(=O)c3cc(Cl)ccc32)OC(O)[C@@H]1O. The number of amides is 2. The quantitative estimate of drug-likeness (QED) is 0.180. The van der Waals surface area contributed by atoms with E-state index < -0.39 is 36.7 Å². The minimum absolute atomic E-state index is 0.116. The van der Waals surface area contributed by atoms with Gasteiger partial charge in [0, 0.05) is 18.2 Å². The van der Waals surface area contributed by atoms with Gasteiger partial charge in [0.2, 0.25) is 5.91 Å². The minimum Gasteiger partial charge on any atom is -0.388 e. The lowest BCUT2D eigenvalue weighted by atomic mass is 9.97. The van der Waals surface area contributed by atoms with Crippen molar-refractivity contribution in [1.82, 2.24) is 4.90 Å². The maximum Gasteiger partial charge on any atom is 0.256 e. The van der Waals surface area contributed by atoms with Gasteiger partial charge < -0.3 is 34.6 Å². The van der Waals surface area contributed by atoms with Gasteiger partial charge in [-0.25, -0.2) is 0 Å². The number of hydrogen-bond acceptors (Lipinski definition) is 7. The maximum atomic E-state index is 13.7. The Bertz CT molecular complexity index is 1060. The van der Waals surface area contributed by atoms with E-state index in [1.54, 1.807) is 23.1 Å². The number of anilines is 1. The highest BCUT2D eigenvalue weighted by Gasteiger charge is 2.48. The van der Waals surface area contributed by atoms with Crippen molar-refractivity contribution in [2.75, 3.05) is 24.6 Å². The van der Waals surface area contributed by atoms with Crippen LogP contribution in [0.4, 0.5) is 5.69 Å². The zero-order valence-corrected chi connectivity index (χ0v) is 27.1. The molecule has 0 bridgehead atoms. The summed E-state index contributed by atoms with van der Waals surface area (Å²) in [5.41, 5.74) is 0.696. The normalized spacial score (nSPS) is 27.0. The van der Waals surface area contributed by atoms with Crippen molar-refractivity contribution in [3.05, 3.63) is 28.8 Å². The Balaban J connectivity index is 1.22. The Morgan fingerprint density at radius 3 is 2.14 bits per heavy atom. The molecule has 3 heterocycles. The molecule has 248 valence electrons. The van der Waals surface area contributed by atoms with Crippen LogP contribution in [0.2, 0.25) is 5.02 Å². The number of halogens is 1. The van der Waals surface area contributed by atoms with Crippen LogP contribution in [0.3, 0.4) is 0 Å². The molecule has 10 heteroatoms. The zero-order chi connectivity index (χ0) is 31.5. The van der Waals surface area contributed by atoms with Crippen LogP contribution in [-0.4, -0.2) is 88.5 Å². The number of carbonyl (C=O) groups is 2. The fourth-order valence-electron chi connectivity index (χ4n) is 6.78. The molecule has 6 atom stereocenters. The maximum absolute atomic E-state index is 13.7. The molecule has 2 amide bonds. The highest BCUT2D eigenvalue weighted by Crippen LogP contribution is 2.35. The summed E-state index contributed by atoms with van der Waals surface area (Å²) in [4.78, 5) is 30.0. The second-order valence-electron chi connectivity index (χ2n) is 12.7. The highest BCUT2D eigenvalue weighted by atomic mass is 35.5. The number of fused-ring (bicyclic) bond motifs is 2. The van der Waals surface area contributed by atoms with E-state index in [1.165, 1.54) is 75.5 Å². The second kappa shape index (κ2) is 17.8. The van der Waals surface area contributed by atoms with Crippen LogP contribution in [0, 0.1) is 0 Å². The van der Waals surface area contributed by atoms with Gasteiger partial charge in [-0.05, 0) is 37.5 Å². The highest BCUT2D eigenvalue weighted by molar-refractivity contribution is 6.31. The first kappa shape index (κ1) is 35.1. The predicted octanol–water partition coefficient (Wildman–Crippen LogP) is 5.60. The zero-order valence-electron chi connectivity index (χ0n) is 26.4. The number of carbonyl (C=O) groups excluding carboxylic acids is 2. The van der Waals surface area contributed by atoms with E-state index >= 15 is 0 Å². The lowest BCUT2D eigenvalue weighted by Crippen LogP contribution is -2.61. The number of aliphatic hydroxyl groups is 3. The minimum atomic E-state index is -1.58. The molecule has 0 aliphatic carbocycles. The smallest absolute Gasteiger partial charge is 0.256 e. The van der Waals surface area contributed by atoms with E-state index in [1.807, 2.05) is 0 Å². The number of benzene rings is 1. The average Bonchev–Trinajstić information content (AvgIpc) is 3.49. The van der Waals surface area contributed by atoms with Gasteiger partial charge in [-0.15, -0.1) is 0 Å². The van der Waals surface area contributed by atoms with Gasteiger partial charge in [0.05, 0.1) is 17.8 Å². The molecular weight excluding hydrogens is 584 g/mol. The molecule has 0 spiro atoms. The van der Waals surface area contributed by atoms with E-state index in [2.05, 4.69) is 6.92 Å². The molecule has 3 N–H and O–H groups in total. The molecule has 4 rings (SSSR count). The Morgan fingerprint density at radius 2 is 1.50 bits per heavy atom. The molecule has 2 unspecified atom stereocenters. The lowest BCUT2D eigenvalue weighted by molar-refractivity contribution is -0.287. The lowest BCUT2D eigenvalue weighted by Gasteiger charge is -2.42. The van der Waals surface area contributed by atoms with Gasteiger partial charge in [0.15, 0.2) is 6.29 Å². The molecule has 0 radical (unpaired) electrons.